The summed E-state index contributed by atoms with van der Waals surface area (Å²) in [4.78, 5) is 28.7. The van der Waals surface area contributed by atoms with E-state index in [1.807, 2.05) is 43.3 Å². The Morgan fingerprint density at radius 2 is 1.82 bits per heavy atom. The minimum atomic E-state index is -0.304. The van der Waals surface area contributed by atoms with E-state index in [4.69, 9.17) is 0 Å². The molecule has 0 spiro atoms. The van der Waals surface area contributed by atoms with Crippen molar-refractivity contribution in [3.05, 3.63) is 29.8 Å². The maximum absolute atomic E-state index is 12.7. The lowest BCUT2D eigenvalue weighted by Gasteiger charge is -2.24. The van der Waals surface area contributed by atoms with E-state index in [1.54, 1.807) is 4.90 Å². The summed E-state index contributed by atoms with van der Waals surface area (Å²) in [6.07, 6.45) is 3.79. The molecule has 1 unspecified atom stereocenters. The standard InChI is InChI=1S/C17H23N3O2/c1-19(2)14-9-5-12(6-10-14)17(22)20-11-3-4-15(20)16(21)18-13-7-8-13/h5-6,9-10,13,15H,3-4,7-8,11H2,1-2H3,(H,18,21). The molecular weight excluding hydrogens is 278 g/mol. The molecule has 3 rings (SSSR count). The van der Waals surface area contributed by atoms with Gasteiger partial charge in [0.2, 0.25) is 5.91 Å². The molecule has 22 heavy (non-hydrogen) atoms. The number of carbonyl (C=O) groups is 2. The lowest BCUT2D eigenvalue weighted by molar-refractivity contribution is -0.125. The third-order valence-corrected chi connectivity index (χ3v) is 4.37. The third kappa shape index (κ3) is 3.08. The smallest absolute Gasteiger partial charge is 0.254 e. The van der Waals surface area contributed by atoms with Crippen molar-refractivity contribution in [2.45, 2.75) is 37.8 Å². The fourth-order valence-corrected chi connectivity index (χ4v) is 2.88. The molecular formula is C17H23N3O2. The van der Waals surface area contributed by atoms with Crippen LogP contribution in [0.4, 0.5) is 5.69 Å². The van der Waals surface area contributed by atoms with E-state index < -0.39 is 0 Å². The number of likely N-dealkylation sites (tertiary alicyclic amines) is 1. The molecule has 2 amide bonds. The average Bonchev–Trinajstić information content (AvgIpc) is 3.18. The van der Waals surface area contributed by atoms with Gasteiger partial charge in [0.25, 0.3) is 5.91 Å². The fourth-order valence-electron chi connectivity index (χ4n) is 2.88. The number of hydrogen-bond donors (Lipinski definition) is 1. The fraction of sp³-hybridized carbons (Fsp3) is 0.529. The van der Waals surface area contributed by atoms with Gasteiger partial charge >= 0.3 is 0 Å². The van der Waals surface area contributed by atoms with Gasteiger partial charge in [-0.3, -0.25) is 9.59 Å². The van der Waals surface area contributed by atoms with Gasteiger partial charge in [-0.2, -0.15) is 0 Å². The minimum Gasteiger partial charge on any atom is -0.378 e. The molecule has 2 aliphatic rings. The largest absolute Gasteiger partial charge is 0.378 e. The van der Waals surface area contributed by atoms with Gasteiger partial charge in [-0.15, -0.1) is 0 Å². The zero-order valence-corrected chi connectivity index (χ0v) is 13.2. The highest BCUT2D eigenvalue weighted by Gasteiger charge is 2.36. The Balaban J connectivity index is 1.70. The zero-order chi connectivity index (χ0) is 15.7. The zero-order valence-electron chi connectivity index (χ0n) is 13.2. The Bertz CT molecular complexity index is 564. The highest BCUT2D eigenvalue weighted by atomic mass is 16.2. The van der Waals surface area contributed by atoms with Gasteiger partial charge in [0.05, 0.1) is 0 Å². The molecule has 0 bridgehead atoms. The second-order valence-corrected chi connectivity index (χ2v) is 6.38. The summed E-state index contributed by atoms with van der Waals surface area (Å²) in [6, 6.07) is 7.58. The monoisotopic (exact) mass is 301 g/mol. The van der Waals surface area contributed by atoms with Crippen molar-refractivity contribution < 1.29 is 9.59 Å². The highest BCUT2D eigenvalue weighted by molar-refractivity contribution is 5.98. The van der Waals surface area contributed by atoms with Gasteiger partial charge in [0.1, 0.15) is 6.04 Å². The molecule has 1 atom stereocenters. The van der Waals surface area contributed by atoms with Crippen molar-refractivity contribution in [3.8, 4) is 0 Å². The van der Waals surface area contributed by atoms with E-state index in [9.17, 15) is 9.59 Å². The summed E-state index contributed by atoms with van der Waals surface area (Å²) in [7, 11) is 3.94. The van der Waals surface area contributed by atoms with Crippen LogP contribution in [0.1, 0.15) is 36.0 Å². The summed E-state index contributed by atoms with van der Waals surface area (Å²) in [5.41, 5.74) is 1.71. The van der Waals surface area contributed by atoms with E-state index in [0.29, 0.717) is 18.2 Å². The van der Waals surface area contributed by atoms with E-state index >= 15 is 0 Å². The number of benzene rings is 1. The van der Waals surface area contributed by atoms with Gasteiger partial charge in [0, 0.05) is 37.9 Å². The van der Waals surface area contributed by atoms with Crippen LogP contribution in [0.25, 0.3) is 0 Å². The van der Waals surface area contributed by atoms with Crippen LogP contribution in [0.2, 0.25) is 0 Å². The van der Waals surface area contributed by atoms with Crippen molar-refractivity contribution in [1.82, 2.24) is 10.2 Å². The SMILES string of the molecule is CN(C)c1ccc(C(=O)N2CCCC2C(=O)NC2CC2)cc1. The number of carbonyl (C=O) groups excluding carboxylic acids is 2. The van der Waals surface area contributed by atoms with Gasteiger partial charge in [-0.05, 0) is 49.9 Å². The summed E-state index contributed by atoms with van der Waals surface area (Å²) in [5, 5.41) is 3.02. The molecule has 1 aromatic rings. The minimum absolute atomic E-state index is 0.0123. The number of anilines is 1. The first kappa shape index (κ1) is 14.9. The van der Waals surface area contributed by atoms with E-state index in [-0.39, 0.29) is 17.9 Å². The van der Waals surface area contributed by atoms with Crippen LogP contribution in [0.5, 0.6) is 0 Å². The van der Waals surface area contributed by atoms with Gasteiger partial charge < -0.3 is 15.1 Å². The van der Waals surface area contributed by atoms with E-state index in [0.717, 1.165) is 31.4 Å². The summed E-state index contributed by atoms with van der Waals surface area (Å²) < 4.78 is 0. The normalized spacial score (nSPS) is 20.8. The molecule has 1 saturated carbocycles. The number of rotatable bonds is 4. The molecule has 118 valence electrons. The summed E-state index contributed by atoms with van der Waals surface area (Å²) in [6.45, 7) is 0.664. The Hall–Kier alpha value is -2.04. The molecule has 1 aliphatic carbocycles. The molecule has 0 aromatic heterocycles. The van der Waals surface area contributed by atoms with Crippen LogP contribution in [-0.2, 0) is 4.79 Å². The first-order chi connectivity index (χ1) is 10.6. The lowest BCUT2D eigenvalue weighted by Crippen LogP contribution is -2.46. The Kier molecular flexibility index (Phi) is 4.05. The van der Waals surface area contributed by atoms with Crippen molar-refractivity contribution in [1.29, 1.82) is 0 Å². The van der Waals surface area contributed by atoms with Gasteiger partial charge in [0.15, 0.2) is 0 Å². The number of nitrogens with zero attached hydrogens (tertiary/aromatic N) is 2. The van der Waals surface area contributed by atoms with Crippen LogP contribution < -0.4 is 10.2 Å². The second-order valence-electron chi connectivity index (χ2n) is 6.38. The van der Waals surface area contributed by atoms with Crippen LogP contribution in [0.15, 0.2) is 24.3 Å². The van der Waals surface area contributed by atoms with Crippen molar-refractivity contribution in [2.75, 3.05) is 25.5 Å². The van der Waals surface area contributed by atoms with Crippen molar-refractivity contribution in [2.24, 2.45) is 0 Å². The van der Waals surface area contributed by atoms with Crippen LogP contribution in [0.3, 0.4) is 0 Å². The molecule has 1 N–H and O–H groups in total. The quantitative estimate of drug-likeness (QED) is 0.920. The number of nitrogens with one attached hydrogen (secondary N) is 1. The molecule has 1 saturated heterocycles. The van der Waals surface area contributed by atoms with Crippen LogP contribution in [0, 0.1) is 0 Å². The maximum atomic E-state index is 12.7. The van der Waals surface area contributed by atoms with Gasteiger partial charge in [-0.25, -0.2) is 0 Å². The predicted octanol–water partition coefficient (Wildman–Crippen LogP) is 1.64. The molecule has 1 heterocycles. The number of amides is 2. The third-order valence-electron chi connectivity index (χ3n) is 4.37. The molecule has 5 heteroatoms. The first-order valence-corrected chi connectivity index (χ1v) is 7.95. The first-order valence-electron chi connectivity index (χ1n) is 7.95. The van der Waals surface area contributed by atoms with Crippen molar-refractivity contribution >= 4 is 17.5 Å². The molecule has 0 radical (unpaired) electrons. The molecule has 1 aromatic carbocycles. The molecule has 5 nitrogen and oxygen atoms in total. The topological polar surface area (TPSA) is 52.7 Å². The van der Waals surface area contributed by atoms with Crippen LogP contribution >= 0.6 is 0 Å². The van der Waals surface area contributed by atoms with E-state index in [1.165, 1.54) is 0 Å². The summed E-state index contributed by atoms with van der Waals surface area (Å²) in [5.74, 6) is -0.0305. The summed E-state index contributed by atoms with van der Waals surface area (Å²) >= 11 is 0. The Morgan fingerprint density at radius 3 is 2.41 bits per heavy atom. The predicted molar refractivity (Wildman–Crippen MR) is 86.0 cm³/mol. The second kappa shape index (κ2) is 5.99. The van der Waals surface area contributed by atoms with E-state index in [2.05, 4.69) is 5.32 Å². The molecule has 2 fully saturated rings. The maximum Gasteiger partial charge on any atom is 0.254 e. The molecule has 1 aliphatic heterocycles. The Labute approximate surface area is 131 Å². The number of hydrogen-bond acceptors (Lipinski definition) is 3. The van der Waals surface area contributed by atoms with Crippen molar-refractivity contribution in [3.63, 3.8) is 0 Å². The lowest BCUT2D eigenvalue weighted by atomic mass is 10.1. The average molecular weight is 301 g/mol. The Morgan fingerprint density at radius 1 is 1.14 bits per heavy atom. The van der Waals surface area contributed by atoms with Crippen LogP contribution in [-0.4, -0.2) is 49.4 Å². The highest BCUT2D eigenvalue weighted by Crippen LogP contribution is 2.24. The van der Waals surface area contributed by atoms with Gasteiger partial charge in [-0.1, -0.05) is 0 Å².